The molecule has 5 nitrogen and oxygen atoms in total. The Hall–Kier alpha value is -1.47. The highest BCUT2D eigenvalue weighted by Gasteiger charge is 2.37. The van der Waals surface area contributed by atoms with Crippen molar-refractivity contribution < 1.29 is 27.9 Å². The summed E-state index contributed by atoms with van der Waals surface area (Å²) in [6, 6.07) is -0.338. The van der Waals surface area contributed by atoms with Crippen LogP contribution in [0.15, 0.2) is 0 Å². The van der Waals surface area contributed by atoms with Crippen LogP contribution in [0.3, 0.4) is 0 Å². The van der Waals surface area contributed by atoms with Crippen LogP contribution >= 0.6 is 0 Å². The first-order valence-corrected chi connectivity index (χ1v) is 6.97. The number of alkyl halides is 3. The minimum absolute atomic E-state index is 0.0130. The second-order valence-corrected chi connectivity index (χ2v) is 5.66. The van der Waals surface area contributed by atoms with Crippen LogP contribution in [0.1, 0.15) is 39.0 Å². The molecule has 1 aliphatic rings. The molecule has 0 atom stereocenters. The van der Waals surface area contributed by atoms with Crippen LogP contribution in [-0.4, -0.2) is 47.8 Å². The number of amides is 2. The molecule has 0 radical (unpaired) electrons. The van der Waals surface area contributed by atoms with Crippen molar-refractivity contribution in [1.82, 2.24) is 10.2 Å². The molecule has 1 heterocycles. The fraction of sp³-hybridized carbons (Fsp3) is 0.846. The largest absolute Gasteiger partial charge is 0.481 e. The number of nitrogens with one attached hydrogen (secondary N) is 1. The summed E-state index contributed by atoms with van der Waals surface area (Å²) in [7, 11) is 0. The summed E-state index contributed by atoms with van der Waals surface area (Å²) in [4.78, 5) is 24.4. The number of carboxylic acids is 1. The van der Waals surface area contributed by atoms with Crippen molar-refractivity contribution in [3.8, 4) is 0 Å². The van der Waals surface area contributed by atoms with Gasteiger partial charge in [0, 0.05) is 26.1 Å². The zero-order valence-corrected chi connectivity index (χ0v) is 12.0. The quantitative estimate of drug-likeness (QED) is 0.767. The SMILES string of the molecule is CC1(C(=O)O)CCN(C(=O)NCCCCC(F)(F)F)CC1. The van der Waals surface area contributed by atoms with E-state index in [4.69, 9.17) is 5.11 Å². The molecule has 0 aromatic heterocycles. The second-order valence-electron chi connectivity index (χ2n) is 5.66. The third-order valence-corrected chi connectivity index (χ3v) is 3.83. The van der Waals surface area contributed by atoms with Gasteiger partial charge in [-0.2, -0.15) is 13.2 Å². The lowest BCUT2D eigenvalue weighted by Crippen LogP contribution is -2.48. The number of hydrogen-bond acceptors (Lipinski definition) is 2. The molecule has 2 amide bonds. The predicted molar refractivity (Wildman–Crippen MR) is 69.9 cm³/mol. The smallest absolute Gasteiger partial charge is 0.389 e. The van der Waals surface area contributed by atoms with Crippen LogP contribution in [0.2, 0.25) is 0 Å². The molecular formula is C13H21F3N2O3. The van der Waals surface area contributed by atoms with E-state index in [0.29, 0.717) is 25.9 Å². The number of nitrogens with zero attached hydrogens (tertiary/aromatic N) is 1. The molecule has 1 rings (SSSR count). The Bertz CT molecular complexity index is 377. The number of carbonyl (C=O) groups excluding carboxylic acids is 1. The van der Waals surface area contributed by atoms with Crippen LogP contribution < -0.4 is 5.32 Å². The number of urea groups is 1. The lowest BCUT2D eigenvalue weighted by Gasteiger charge is -2.36. The van der Waals surface area contributed by atoms with Crippen molar-refractivity contribution in [2.24, 2.45) is 5.41 Å². The molecule has 1 fully saturated rings. The van der Waals surface area contributed by atoms with Gasteiger partial charge < -0.3 is 15.3 Å². The number of piperidine rings is 1. The molecule has 21 heavy (non-hydrogen) atoms. The van der Waals surface area contributed by atoms with E-state index < -0.39 is 24.0 Å². The number of rotatable bonds is 5. The summed E-state index contributed by atoms with van der Waals surface area (Å²) in [6.45, 7) is 2.54. The van der Waals surface area contributed by atoms with Crippen LogP contribution in [0.25, 0.3) is 0 Å². The molecule has 0 bridgehead atoms. The van der Waals surface area contributed by atoms with Crippen LogP contribution in [0.5, 0.6) is 0 Å². The average Bonchev–Trinajstić information content (AvgIpc) is 2.37. The van der Waals surface area contributed by atoms with Crippen molar-refractivity contribution in [3.63, 3.8) is 0 Å². The van der Waals surface area contributed by atoms with E-state index in [1.807, 2.05) is 0 Å². The van der Waals surface area contributed by atoms with Gasteiger partial charge in [0.05, 0.1) is 5.41 Å². The fourth-order valence-corrected chi connectivity index (χ4v) is 2.17. The van der Waals surface area contributed by atoms with Gasteiger partial charge in [-0.05, 0) is 32.6 Å². The van der Waals surface area contributed by atoms with E-state index in [0.717, 1.165) is 0 Å². The van der Waals surface area contributed by atoms with Gasteiger partial charge in [-0.15, -0.1) is 0 Å². The number of likely N-dealkylation sites (tertiary alicyclic amines) is 1. The van der Waals surface area contributed by atoms with E-state index in [-0.39, 0.29) is 25.4 Å². The van der Waals surface area contributed by atoms with Crippen molar-refractivity contribution in [3.05, 3.63) is 0 Å². The topological polar surface area (TPSA) is 69.6 Å². The molecule has 0 aliphatic carbocycles. The van der Waals surface area contributed by atoms with E-state index in [1.165, 1.54) is 4.90 Å². The molecule has 0 aromatic carbocycles. The van der Waals surface area contributed by atoms with Gasteiger partial charge in [0.25, 0.3) is 0 Å². The first kappa shape index (κ1) is 17.6. The number of aliphatic carboxylic acids is 1. The predicted octanol–water partition coefficient (Wildman–Crippen LogP) is 2.62. The highest BCUT2D eigenvalue weighted by atomic mass is 19.4. The number of hydrogen-bond donors (Lipinski definition) is 2. The van der Waals surface area contributed by atoms with Gasteiger partial charge in [0.2, 0.25) is 0 Å². The summed E-state index contributed by atoms with van der Waals surface area (Å²) >= 11 is 0. The van der Waals surface area contributed by atoms with Crippen molar-refractivity contribution in [2.45, 2.75) is 45.2 Å². The number of halogens is 3. The Kier molecular flexibility index (Phi) is 5.86. The van der Waals surface area contributed by atoms with E-state index >= 15 is 0 Å². The number of carboxylic acid groups (broad SMARTS) is 1. The van der Waals surface area contributed by atoms with Crippen molar-refractivity contribution in [2.75, 3.05) is 19.6 Å². The maximum atomic E-state index is 11.9. The highest BCUT2D eigenvalue weighted by molar-refractivity contribution is 5.76. The lowest BCUT2D eigenvalue weighted by molar-refractivity contribution is -0.150. The Morgan fingerprint density at radius 3 is 2.29 bits per heavy atom. The number of unbranched alkanes of at least 4 members (excludes halogenated alkanes) is 1. The summed E-state index contributed by atoms with van der Waals surface area (Å²) < 4.78 is 35.8. The normalized spacial score (nSPS) is 18.4. The summed E-state index contributed by atoms with van der Waals surface area (Å²) in [5, 5.41) is 11.6. The van der Waals surface area contributed by atoms with E-state index in [2.05, 4.69) is 5.32 Å². The molecule has 1 aliphatic heterocycles. The van der Waals surface area contributed by atoms with Gasteiger partial charge in [-0.25, -0.2) is 4.79 Å². The third kappa shape index (κ3) is 5.81. The molecule has 8 heteroatoms. The van der Waals surface area contributed by atoms with E-state index in [1.54, 1.807) is 6.92 Å². The van der Waals surface area contributed by atoms with Crippen LogP contribution in [-0.2, 0) is 4.79 Å². The number of carbonyl (C=O) groups is 2. The molecule has 0 spiro atoms. The Morgan fingerprint density at radius 1 is 1.24 bits per heavy atom. The first-order valence-electron chi connectivity index (χ1n) is 6.97. The van der Waals surface area contributed by atoms with Gasteiger partial charge in [-0.1, -0.05) is 0 Å². The Balaban J connectivity index is 2.21. The summed E-state index contributed by atoms with van der Waals surface area (Å²) in [5.41, 5.74) is -0.802. The van der Waals surface area contributed by atoms with E-state index in [9.17, 15) is 22.8 Å². The van der Waals surface area contributed by atoms with Gasteiger partial charge >= 0.3 is 18.2 Å². The monoisotopic (exact) mass is 310 g/mol. The molecule has 0 saturated carbocycles. The molecular weight excluding hydrogens is 289 g/mol. The molecule has 0 aromatic rings. The van der Waals surface area contributed by atoms with Crippen molar-refractivity contribution in [1.29, 1.82) is 0 Å². The zero-order valence-electron chi connectivity index (χ0n) is 12.0. The molecule has 122 valence electrons. The molecule has 0 unspecified atom stereocenters. The van der Waals surface area contributed by atoms with Crippen molar-refractivity contribution >= 4 is 12.0 Å². The average molecular weight is 310 g/mol. The second kappa shape index (κ2) is 7.00. The fourth-order valence-electron chi connectivity index (χ4n) is 2.17. The third-order valence-electron chi connectivity index (χ3n) is 3.83. The maximum Gasteiger partial charge on any atom is 0.389 e. The standard InChI is InChI=1S/C13H21F3N2O3/c1-12(10(19)20)5-8-18(9-6-12)11(21)17-7-3-2-4-13(14,15)16/h2-9H2,1H3,(H,17,21)(H,19,20). The zero-order chi connectivity index (χ0) is 16.1. The highest BCUT2D eigenvalue weighted by Crippen LogP contribution is 2.30. The van der Waals surface area contributed by atoms with Crippen LogP contribution in [0, 0.1) is 5.41 Å². The van der Waals surface area contributed by atoms with Gasteiger partial charge in [0.15, 0.2) is 0 Å². The Labute approximate surface area is 121 Å². The molecule has 2 N–H and O–H groups in total. The Morgan fingerprint density at radius 2 is 1.81 bits per heavy atom. The van der Waals surface area contributed by atoms with Gasteiger partial charge in [0.1, 0.15) is 0 Å². The maximum absolute atomic E-state index is 11.9. The molecule has 1 saturated heterocycles. The first-order chi connectivity index (χ1) is 9.64. The lowest BCUT2D eigenvalue weighted by atomic mass is 9.80. The minimum atomic E-state index is -4.15. The summed E-state index contributed by atoms with van der Waals surface area (Å²) in [6.07, 6.45) is -3.98. The van der Waals surface area contributed by atoms with Gasteiger partial charge in [-0.3, -0.25) is 4.79 Å². The minimum Gasteiger partial charge on any atom is -0.481 e. The summed E-state index contributed by atoms with van der Waals surface area (Å²) in [5.74, 6) is -0.866. The van der Waals surface area contributed by atoms with Crippen LogP contribution in [0.4, 0.5) is 18.0 Å².